The molecule has 0 amide bonds. The Morgan fingerprint density at radius 2 is 0.483 bits per heavy atom. The highest BCUT2D eigenvalue weighted by Gasteiger charge is 2.72. The topological polar surface area (TPSA) is 111 Å². The first-order valence-corrected chi connectivity index (χ1v) is 58.5. The van der Waals surface area contributed by atoms with E-state index in [1.165, 1.54) is 0 Å². The van der Waals surface area contributed by atoms with Crippen molar-refractivity contribution in [1.82, 2.24) is 0 Å². The van der Waals surface area contributed by atoms with Crippen LogP contribution in [0, 0.1) is 0 Å². The average Bonchev–Trinajstić information content (AvgIpc) is 2.82. The van der Waals surface area contributed by atoms with Crippen LogP contribution < -0.4 is 5.19 Å². The molecular weight excluding hydrogens is 977 g/mol. The van der Waals surface area contributed by atoms with Gasteiger partial charge in [0, 0.05) is 5.19 Å². The molecule has 352 valence electrons. The summed E-state index contributed by atoms with van der Waals surface area (Å²) in [5, 5.41) is 0.582. The molecule has 0 N–H and O–H groups in total. The monoisotopic (exact) mass is 1060 g/mol. The third kappa shape index (κ3) is 23.7. The van der Waals surface area contributed by atoms with Crippen molar-refractivity contribution in [2.24, 2.45) is 0 Å². The van der Waals surface area contributed by atoms with Gasteiger partial charge in [-0.15, -0.1) is 0 Å². The van der Waals surface area contributed by atoms with Crippen LogP contribution in [0.2, 0.25) is 177 Å². The van der Waals surface area contributed by atoms with Gasteiger partial charge in [0.15, 0.2) is 74.9 Å². The highest BCUT2D eigenvalue weighted by atomic mass is 28.6. The van der Waals surface area contributed by atoms with Crippen LogP contribution in [0.15, 0.2) is 30.8 Å². The van der Waals surface area contributed by atoms with Gasteiger partial charge < -0.3 is 49.4 Å². The average molecular weight is 1070 g/mol. The van der Waals surface area contributed by atoms with Crippen molar-refractivity contribution in [3.63, 3.8) is 0 Å². The van der Waals surface area contributed by atoms with Crippen LogP contribution in [0.5, 0.6) is 0 Å². The summed E-state index contributed by atoms with van der Waals surface area (Å²) in [4.78, 5) is 0. The summed E-state index contributed by atoms with van der Waals surface area (Å²) < 4.78 is 89.9. The maximum atomic E-state index is 7.99. The van der Waals surface area contributed by atoms with Gasteiger partial charge in [-0.05, 0) is 182 Å². The molecule has 0 fully saturated rings. The predicted octanol–water partition coefficient (Wildman–Crippen LogP) is 11.5. The Bertz CT molecular complexity index is 1280. The Balaban J connectivity index is 5.21. The van der Waals surface area contributed by atoms with Crippen molar-refractivity contribution in [1.29, 1.82) is 0 Å². The van der Waals surface area contributed by atoms with Gasteiger partial charge in [-0.3, -0.25) is 0 Å². The molecule has 1 aromatic rings. The third-order valence-electron chi connectivity index (χ3n) is 6.17. The first kappa shape index (κ1) is 59.3. The fourth-order valence-corrected chi connectivity index (χ4v) is 49.9. The normalized spacial score (nSPS) is 15.4. The van der Waals surface area contributed by atoms with Gasteiger partial charge in [0.1, 0.15) is 0 Å². The van der Waals surface area contributed by atoms with Gasteiger partial charge in [0.25, 0.3) is 0 Å². The van der Waals surface area contributed by atoms with E-state index in [1.54, 1.807) is 6.08 Å². The van der Waals surface area contributed by atoms with Crippen LogP contribution in [-0.2, 0) is 49.4 Å². The summed E-state index contributed by atoms with van der Waals surface area (Å²) in [5.74, 6) is 0. The fraction of sp³-hybridized carbons (Fsp3) is 0.771. The molecular formula is C35H88O12Si13. The minimum absolute atomic E-state index is 0.582. The SMILES string of the molecule is C=Cc1ccccc1[Si](O[Si](O[Si](C)(C)C)(O[Si](C)(C)C)O[Si](C)(C)C)(O[Si](O[Si](C)(C)C)(O[Si](C)(C)C)O[Si](C)(C)C)O[Si](O[Si](C)(C)C)(O[Si](C)(C)C)O[Si](C)(C)C. The summed E-state index contributed by atoms with van der Waals surface area (Å²) in [6.45, 7) is 61.5. The number of rotatable bonds is 26. The molecule has 0 aromatic heterocycles. The Morgan fingerprint density at radius 3 is 0.650 bits per heavy atom. The van der Waals surface area contributed by atoms with E-state index < -0.39 is 111 Å². The Labute approximate surface area is 382 Å². The Morgan fingerprint density at radius 1 is 0.300 bits per heavy atom. The third-order valence-corrected chi connectivity index (χ3v) is 44.6. The van der Waals surface area contributed by atoms with Crippen molar-refractivity contribution < 1.29 is 49.4 Å². The molecule has 0 unspecified atom stereocenters. The van der Waals surface area contributed by atoms with E-state index in [0.29, 0.717) is 5.19 Å². The van der Waals surface area contributed by atoms with Gasteiger partial charge in [-0.2, -0.15) is 0 Å². The molecule has 0 radical (unpaired) electrons. The molecule has 0 aliphatic carbocycles. The smallest absolute Gasteiger partial charge is 0.396 e. The molecule has 12 nitrogen and oxygen atoms in total. The van der Waals surface area contributed by atoms with Crippen molar-refractivity contribution >= 4 is 122 Å². The standard InChI is InChI=1S/C35H88O12Si13/c1-29-34-32-30-31-33-35(34)57(45-58(36-48(2,3)4,37-49(5,6)7)38-50(8,9)10,46-59(39-51(11,12)13,40-52(14,15)16)41-53(17,18)19)47-60(42-54(20,21)22,43-55(23,24)25)44-56(26,27)28/h29-33H,1H2,2-28H3. The summed E-state index contributed by atoms with van der Waals surface area (Å²) in [7, 11) is -41.0. The molecule has 25 heteroatoms. The lowest BCUT2D eigenvalue weighted by Gasteiger charge is -2.50. The summed E-state index contributed by atoms with van der Waals surface area (Å²) in [6.07, 6.45) is 1.79. The van der Waals surface area contributed by atoms with Crippen molar-refractivity contribution in [2.45, 2.75) is 177 Å². The molecule has 0 spiro atoms. The minimum atomic E-state index is -4.85. The zero-order valence-corrected chi connectivity index (χ0v) is 56.0. The van der Waals surface area contributed by atoms with Gasteiger partial charge in [0.05, 0.1) is 0 Å². The van der Waals surface area contributed by atoms with Gasteiger partial charge in [-0.1, -0.05) is 36.9 Å². The lowest BCUT2D eigenvalue weighted by atomic mass is 10.2. The van der Waals surface area contributed by atoms with Crippen LogP contribution in [0.1, 0.15) is 5.56 Å². The first-order chi connectivity index (χ1) is 26.0. The number of hydrogen-bond donors (Lipinski definition) is 0. The van der Waals surface area contributed by atoms with E-state index in [4.69, 9.17) is 49.4 Å². The quantitative estimate of drug-likeness (QED) is 0.0824. The van der Waals surface area contributed by atoms with E-state index in [0.717, 1.165) is 5.56 Å². The van der Waals surface area contributed by atoms with Crippen LogP contribution >= 0.6 is 0 Å². The second-order valence-electron chi connectivity index (χ2n) is 24.1. The van der Waals surface area contributed by atoms with Crippen LogP contribution in [0.25, 0.3) is 6.08 Å². The highest BCUT2D eigenvalue weighted by Crippen LogP contribution is 2.39. The zero-order valence-electron chi connectivity index (χ0n) is 43.0. The van der Waals surface area contributed by atoms with E-state index in [1.807, 2.05) is 24.3 Å². The Hall–Kier alpha value is 1.30. The summed E-state index contributed by atoms with van der Waals surface area (Å²) >= 11 is 0. The van der Waals surface area contributed by atoms with Crippen LogP contribution in [0.4, 0.5) is 0 Å². The van der Waals surface area contributed by atoms with Crippen LogP contribution in [-0.4, -0.2) is 111 Å². The van der Waals surface area contributed by atoms with Crippen molar-refractivity contribution in [3.8, 4) is 0 Å². The highest BCUT2D eigenvalue weighted by molar-refractivity contribution is 7.00. The Kier molecular flexibility index (Phi) is 20.0. The largest absolute Gasteiger partial charge is 0.640 e. The summed E-state index contributed by atoms with van der Waals surface area (Å²) in [5.41, 5.74) is 0.717. The van der Waals surface area contributed by atoms with Crippen molar-refractivity contribution in [2.75, 3.05) is 0 Å². The van der Waals surface area contributed by atoms with Gasteiger partial charge in [-0.25, -0.2) is 0 Å². The van der Waals surface area contributed by atoms with Crippen LogP contribution in [0.3, 0.4) is 0 Å². The van der Waals surface area contributed by atoms with E-state index in [-0.39, 0.29) is 0 Å². The van der Waals surface area contributed by atoms with E-state index >= 15 is 0 Å². The second kappa shape index (κ2) is 20.3. The van der Waals surface area contributed by atoms with E-state index in [9.17, 15) is 0 Å². The molecule has 0 atom stereocenters. The first-order valence-electron chi connectivity index (χ1n) is 21.2. The summed E-state index contributed by atoms with van der Waals surface area (Å²) in [6, 6.07) is 7.85. The second-order valence-corrected chi connectivity index (χ2v) is 76.6. The lowest BCUT2D eigenvalue weighted by Crippen LogP contribution is -2.79. The van der Waals surface area contributed by atoms with E-state index in [2.05, 4.69) is 183 Å². The maximum Gasteiger partial charge on any atom is 0.640 e. The molecule has 1 rings (SSSR count). The molecule has 0 aliphatic rings. The fourth-order valence-electron chi connectivity index (χ4n) is 5.42. The predicted molar refractivity (Wildman–Crippen MR) is 282 cm³/mol. The molecule has 60 heavy (non-hydrogen) atoms. The molecule has 0 saturated carbocycles. The number of benzene rings is 1. The molecule has 0 bridgehead atoms. The minimum Gasteiger partial charge on any atom is -0.396 e. The lowest BCUT2D eigenvalue weighted by molar-refractivity contribution is 0.0520. The molecule has 0 heterocycles. The maximum absolute atomic E-state index is 7.99. The molecule has 1 aromatic carbocycles. The van der Waals surface area contributed by atoms with Gasteiger partial charge in [0.2, 0.25) is 0 Å². The zero-order chi connectivity index (χ0) is 47.7. The van der Waals surface area contributed by atoms with Gasteiger partial charge >= 0.3 is 35.9 Å². The van der Waals surface area contributed by atoms with Crippen molar-refractivity contribution in [3.05, 3.63) is 36.4 Å². The molecule has 0 aliphatic heterocycles. The molecule has 0 saturated heterocycles. The number of hydrogen-bond acceptors (Lipinski definition) is 12.